The molecular weight excluding hydrogens is 510 g/mol. The van der Waals surface area contributed by atoms with Gasteiger partial charge in [-0.15, -0.1) is 10.2 Å². The van der Waals surface area contributed by atoms with Crippen LogP contribution in [0.4, 0.5) is 23.2 Å². The van der Waals surface area contributed by atoms with Gasteiger partial charge >= 0.3 is 0 Å². The molecule has 2 aromatic carbocycles. The molecule has 4 heterocycles. The second-order valence-electron chi connectivity index (χ2n) is 10.4. The first-order valence-electron chi connectivity index (χ1n) is 12.2. The molecule has 0 radical (unpaired) electrons. The third kappa shape index (κ3) is 3.24. The number of piperidine rings is 1. The molecule has 0 amide bonds. The van der Waals surface area contributed by atoms with E-state index in [1.807, 2.05) is 4.57 Å². The lowest BCUT2D eigenvalue weighted by Crippen LogP contribution is -2.56. The SMILES string of the molecule is O=S1(=O)[C@@H](c2ccccc2)CC[C@H]2N1Cc1c(F)cc(N3C[C@@H]4[C@H](C3)[C@H]4n3cnnc3)c(F)c1C2(F)F. The Morgan fingerprint density at radius 3 is 2.32 bits per heavy atom. The highest BCUT2D eigenvalue weighted by Gasteiger charge is 2.60. The molecule has 1 saturated carbocycles. The number of rotatable bonds is 3. The molecule has 0 bridgehead atoms. The Bertz CT molecular complexity index is 1470. The molecule has 0 N–H and O–H groups in total. The predicted octanol–water partition coefficient (Wildman–Crippen LogP) is 4.00. The molecule has 4 aliphatic rings. The van der Waals surface area contributed by atoms with Crippen molar-refractivity contribution in [2.75, 3.05) is 18.0 Å². The van der Waals surface area contributed by atoms with Crippen molar-refractivity contribution in [1.29, 1.82) is 0 Å². The number of aromatic nitrogens is 3. The van der Waals surface area contributed by atoms with E-state index in [4.69, 9.17) is 0 Å². The molecule has 5 atom stereocenters. The molecule has 0 spiro atoms. The van der Waals surface area contributed by atoms with E-state index in [-0.39, 0.29) is 36.4 Å². The van der Waals surface area contributed by atoms with Gasteiger partial charge in [0.15, 0.2) is 5.82 Å². The Labute approximate surface area is 210 Å². The summed E-state index contributed by atoms with van der Waals surface area (Å²) in [6.45, 7) is 0.180. The van der Waals surface area contributed by atoms with Crippen molar-refractivity contribution in [3.8, 4) is 0 Å². The number of halogens is 4. The van der Waals surface area contributed by atoms with Crippen molar-refractivity contribution in [2.45, 2.75) is 42.6 Å². The number of fused-ring (bicyclic) bond motifs is 3. The highest BCUT2D eigenvalue weighted by Crippen LogP contribution is 2.57. The molecule has 2 saturated heterocycles. The van der Waals surface area contributed by atoms with Gasteiger partial charge in [-0.05, 0) is 18.4 Å². The van der Waals surface area contributed by atoms with Crippen molar-refractivity contribution in [3.63, 3.8) is 0 Å². The quantitative estimate of drug-likeness (QED) is 0.476. The summed E-state index contributed by atoms with van der Waals surface area (Å²) in [5.41, 5.74) is -1.30. The van der Waals surface area contributed by atoms with Gasteiger partial charge in [0, 0.05) is 49.1 Å². The fraction of sp³-hybridized carbons (Fsp3) is 0.440. The van der Waals surface area contributed by atoms with Crippen molar-refractivity contribution < 1.29 is 26.0 Å². The minimum absolute atomic E-state index is 0.0256. The van der Waals surface area contributed by atoms with Crippen LogP contribution >= 0.6 is 0 Å². The Hall–Kier alpha value is -2.99. The Balaban J connectivity index is 1.23. The summed E-state index contributed by atoms with van der Waals surface area (Å²) in [6.07, 6.45) is 3.03. The minimum Gasteiger partial charge on any atom is -0.368 e. The molecule has 1 aliphatic carbocycles. The normalized spacial score (nSPS) is 31.5. The van der Waals surface area contributed by atoms with Crippen molar-refractivity contribution >= 4 is 15.7 Å². The van der Waals surface area contributed by atoms with Gasteiger partial charge < -0.3 is 9.47 Å². The number of hydrogen-bond acceptors (Lipinski definition) is 5. The molecule has 194 valence electrons. The van der Waals surface area contributed by atoms with E-state index in [0.717, 1.165) is 6.07 Å². The smallest absolute Gasteiger partial charge is 0.292 e. The van der Waals surface area contributed by atoms with Crippen LogP contribution in [0.25, 0.3) is 0 Å². The van der Waals surface area contributed by atoms with Gasteiger partial charge in [-0.3, -0.25) is 0 Å². The van der Waals surface area contributed by atoms with Crippen LogP contribution in [-0.4, -0.2) is 46.6 Å². The maximum Gasteiger partial charge on any atom is 0.292 e. The van der Waals surface area contributed by atoms with Gasteiger partial charge in [0.25, 0.3) is 5.92 Å². The molecule has 3 fully saturated rings. The fourth-order valence-corrected chi connectivity index (χ4v) is 8.88. The standard InChI is InChI=1S/C25H23F4N5O2S/c26-18-8-19(32-9-15-16(10-32)24(15)33-12-30-31-13-33)23(27)22-17(18)11-34-21(25(22,28)29)7-6-20(37(34,35)36)14-4-2-1-3-5-14/h1-5,8,12-13,15-16,20-21,24H,6-7,9-11H2/t15-,16+,20-,21-,24+/m1/s1. The summed E-state index contributed by atoms with van der Waals surface area (Å²) in [4.78, 5) is 1.61. The van der Waals surface area contributed by atoms with Crippen LogP contribution in [-0.2, 0) is 22.5 Å². The molecule has 7 nitrogen and oxygen atoms in total. The van der Waals surface area contributed by atoms with E-state index < -0.39 is 56.5 Å². The van der Waals surface area contributed by atoms with Crippen molar-refractivity contribution in [1.82, 2.24) is 19.1 Å². The van der Waals surface area contributed by atoms with Gasteiger partial charge in [-0.1, -0.05) is 30.3 Å². The van der Waals surface area contributed by atoms with Gasteiger partial charge in [-0.25, -0.2) is 17.2 Å². The number of alkyl halides is 2. The number of nitrogens with zero attached hydrogens (tertiary/aromatic N) is 5. The number of sulfonamides is 1. The lowest BCUT2D eigenvalue weighted by Gasteiger charge is -2.46. The second-order valence-corrected chi connectivity index (χ2v) is 12.5. The lowest BCUT2D eigenvalue weighted by molar-refractivity contribution is -0.0897. The Morgan fingerprint density at radius 1 is 0.973 bits per heavy atom. The minimum atomic E-state index is -4.23. The Morgan fingerprint density at radius 2 is 1.65 bits per heavy atom. The molecule has 1 aromatic heterocycles. The summed E-state index contributed by atoms with van der Waals surface area (Å²) in [5.74, 6) is -5.72. The highest BCUT2D eigenvalue weighted by molar-refractivity contribution is 7.89. The van der Waals surface area contributed by atoms with Crippen LogP contribution < -0.4 is 4.90 Å². The van der Waals surface area contributed by atoms with Crippen LogP contribution in [0.3, 0.4) is 0 Å². The maximum absolute atomic E-state index is 15.9. The van der Waals surface area contributed by atoms with Crippen molar-refractivity contribution in [3.05, 3.63) is 77.4 Å². The third-order valence-corrected chi connectivity index (χ3v) is 10.8. The maximum atomic E-state index is 15.9. The first-order valence-corrected chi connectivity index (χ1v) is 13.7. The van der Waals surface area contributed by atoms with Gasteiger partial charge in [0.1, 0.15) is 23.7 Å². The van der Waals surface area contributed by atoms with Crippen LogP contribution in [0.2, 0.25) is 0 Å². The van der Waals surface area contributed by atoms with Crippen LogP contribution in [0.1, 0.15) is 40.8 Å². The van der Waals surface area contributed by atoms with Crippen molar-refractivity contribution in [2.24, 2.45) is 11.8 Å². The molecule has 37 heavy (non-hydrogen) atoms. The summed E-state index contributed by atoms with van der Waals surface area (Å²) in [6, 6.07) is 7.72. The monoisotopic (exact) mass is 533 g/mol. The zero-order chi connectivity index (χ0) is 25.7. The second kappa shape index (κ2) is 7.76. The molecule has 7 rings (SSSR count). The largest absolute Gasteiger partial charge is 0.368 e. The van der Waals surface area contributed by atoms with Crippen LogP contribution in [0, 0.1) is 23.5 Å². The van der Waals surface area contributed by atoms with E-state index in [0.29, 0.717) is 23.0 Å². The topological polar surface area (TPSA) is 71.3 Å². The molecular formula is C25H23F4N5O2S. The fourth-order valence-electron chi connectivity index (χ4n) is 6.71. The summed E-state index contributed by atoms with van der Waals surface area (Å²) >= 11 is 0. The van der Waals surface area contributed by atoms with E-state index >= 15 is 17.6 Å². The Kier molecular flexibility index (Phi) is 4.86. The molecule has 12 heteroatoms. The van der Waals surface area contributed by atoms with E-state index in [1.54, 1.807) is 47.9 Å². The molecule has 3 aliphatic heterocycles. The summed E-state index contributed by atoms with van der Waals surface area (Å²) in [5, 5.41) is 6.60. The van der Waals surface area contributed by atoms with E-state index in [2.05, 4.69) is 10.2 Å². The third-order valence-electron chi connectivity index (χ3n) is 8.54. The molecule has 0 unspecified atom stereocenters. The molecule has 3 aromatic rings. The number of hydrogen-bond donors (Lipinski definition) is 0. The average Bonchev–Trinajstić information content (AvgIpc) is 3.23. The van der Waals surface area contributed by atoms with Gasteiger partial charge in [0.2, 0.25) is 10.0 Å². The van der Waals surface area contributed by atoms with Crippen LogP contribution in [0.15, 0.2) is 49.1 Å². The highest BCUT2D eigenvalue weighted by atomic mass is 32.2. The van der Waals surface area contributed by atoms with E-state index in [9.17, 15) is 8.42 Å². The number of benzene rings is 2. The summed E-state index contributed by atoms with van der Waals surface area (Å²) in [7, 11) is -4.23. The predicted molar refractivity (Wildman–Crippen MR) is 125 cm³/mol. The first-order chi connectivity index (χ1) is 17.7. The number of anilines is 1. The van der Waals surface area contributed by atoms with Crippen LogP contribution in [0.5, 0.6) is 0 Å². The zero-order valence-electron chi connectivity index (χ0n) is 19.5. The first kappa shape index (κ1) is 23.2. The van der Waals surface area contributed by atoms with Gasteiger partial charge in [-0.2, -0.15) is 13.1 Å². The average molecular weight is 534 g/mol. The zero-order valence-corrected chi connectivity index (χ0v) is 20.3. The lowest BCUT2D eigenvalue weighted by atomic mass is 9.87. The van der Waals surface area contributed by atoms with E-state index in [1.165, 1.54) is 0 Å². The van der Waals surface area contributed by atoms with Gasteiger partial charge in [0.05, 0.1) is 17.3 Å². The summed E-state index contributed by atoms with van der Waals surface area (Å²) < 4.78 is 92.4.